The number of rotatable bonds is 2. The van der Waals surface area contributed by atoms with Crippen LogP contribution in [0.4, 0.5) is 5.82 Å². The SMILES string of the molecule is C=Nc1ncn(C)c1/C(Cl)=N\C. The van der Waals surface area contributed by atoms with Crippen molar-refractivity contribution in [1.29, 1.82) is 0 Å². The van der Waals surface area contributed by atoms with E-state index in [-0.39, 0.29) is 0 Å². The Hall–Kier alpha value is -1.16. The average molecular weight is 185 g/mol. The average Bonchev–Trinajstić information content (AvgIpc) is 2.45. The number of aromatic nitrogens is 2. The first-order valence-corrected chi connectivity index (χ1v) is 3.69. The minimum atomic E-state index is 0.386. The molecule has 1 rings (SSSR count). The second kappa shape index (κ2) is 3.49. The van der Waals surface area contributed by atoms with E-state index in [1.807, 2.05) is 7.05 Å². The van der Waals surface area contributed by atoms with Gasteiger partial charge in [-0.1, -0.05) is 11.6 Å². The Kier molecular flexibility index (Phi) is 2.60. The molecule has 0 atom stereocenters. The largest absolute Gasteiger partial charge is 0.330 e. The fraction of sp³-hybridized carbons (Fsp3) is 0.286. The molecular weight excluding hydrogens is 176 g/mol. The Labute approximate surface area is 75.6 Å². The maximum absolute atomic E-state index is 5.82. The number of hydrogen-bond acceptors (Lipinski definition) is 3. The van der Waals surface area contributed by atoms with Gasteiger partial charge in [0, 0.05) is 14.1 Å². The van der Waals surface area contributed by atoms with Crippen LogP contribution in [0.25, 0.3) is 0 Å². The van der Waals surface area contributed by atoms with Crippen LogP contribution in [0.1, 0.15) is 5.69 Å². The molecule has 5 heteroatoms. The molecule has 0 amide bonds. The van der Waals surface area contributed by atoms with E-state index in [0.29, 0.717) is 16.7 Å². The highest BCUT2D eigenvalue weighted by Crippen LogP contribution is 2.17. The van der Waals surface area contributed by atoms with E-state index in [4.69, 9.17) is 11.6 Å². The van der Waals surface area contributed by atoms with E-state index in [1.165, 1.54) is 0 Å². The maximum atomic E-state index is 5.82. The Bertz CT molecular complexity index is 326. The number of imidazole rings is 1. The van der Waals surface area contributed by atoms with Crippen molar-refractivity contribution in [3.05, 3.63) is 12.0 Å². The fourth-order valence-corrected chi connectivity index (χ4v) is 1.10. The molecule has 0 saturated heterocycles. The van der Waals surface area contributed by atoms with Crippen LogP contribution in [0.15, 0.2) is 16.3 Å². The topological polar surface area (TPSA) is 42.5 Å². The van der Waals surface area contributed by atoms with Crippen molar-refractivity contribution in [2.24, 2.45) is 17.0 Å². The van der Waals surface area contributed by atoms with Crippen molar-refractivity contribution in [1.82, 2.24) is 9.55 Å². The van der Waals surface area contributed by atoms with E-state index in [2.05, 4.69) is 21.7 Å². The minimum Gasteiger partial charge on any atom is -0.330 e. The standard InChI is InChI=1S/C7H9ClN4/c1-9-6(8)5-7(10-2)11-4-12(5)3/h4H,2H2,1,3H3/b9-6+. The summed E-state index contributed by atoms with van der Waals surface area (Å²) in [5, 5.41) is 0.386. The lowest BCUT2D eigenvalue weighted by molar-refractivity contribution is 0.904. The van der Waals surface area contributed by atoms with Crippen LogP contribution in [0, 0.1) is 0 Å². The maximum Gasteiger partial charge on any atom is 0.180 e. The molecule has 0 aromatic carbocycles. The zero-order valence-electron chi connectivity index (χ0n) is 6.95. The van der Waals surface area contributed by atoms with Gasteiger partial charge < -0.3 is 4.57 Å². The summed E-state index contributed by atoms with van der Waals surface area (Å²) >= 11 is 5.82. The van der Waals surface area contributed by atoms with Gasteiger partial charge >= 0.3 is 0 Å². The lowest BCUT2D eigenvalue weighted by Gasteiger charge is -1.98. The van der Waals surface area contributed by atoms with Gasteiger partial charge in [0.1, 0.15) is 5.69 Å². The van der Waals surface area contributed by atoms with Crippen molar-refractivity contribution in [3.63, 3.8) is 0 Å². The first-order valence-electron chi connectivity index (χ1n) is 3.31. The smallest absolute Gasteiger partial charge is 0.180 e. The summed E-state index contributed by atoms with van der Waals surface area (Å²) in [6.45, 7) is 3.38. The van der Waals surface area contributed by atoms with Gasteiger partial charge in [0.2, 0.25) is 0 Å². The molecule has 0 spiro atoms. The molecule has 1 heterocycles. The van der Waals surface area contributed by atoms with E-state index in [1.54, 1.807) is 17.9 Å². The van der Waals surface area contributed by atoms with E-state index < -0.39 is 0 Å². The normalized spacial score (nSPS) is 11.8. The Morgan fingerprint density at radius 1 is 1.75 bits per heavy atom. The number of aryl methyl sites for hydroxylation is 1. The third-order valence-corrected chi connectivity index (χ3v) is 1.81. The van der Waals surface area contributed by atoms with Crippen LogP contribution in [0.3, 0.4) is 0 Å². The van der Waals surface area contributed by atoms with E-state index in [9.17, 15) is 0 Å². The van der Waals surface area contributed by atoms with Gasteiger partial charge in [0.25, 0.3) is 0 Å². The van der Waals surface area contributed by atoms with Gasteiger partial charge in [-0.2, -0.15) is 0 Å². The molecule has 1 aromatic rings. The van der Waals surface area contributed by atoms with E-state index in [0.717, 1.165) is 0 Å². The third-order valence-electron chi connectivity index (χ3n) is 1.46. The van der Waals surface area contributed by atoms with Crippen LogP contribution in [-0.2, 0) is 7.05 Å². The Morgan fingerprint density at radius 3 is 2.92 bits per heavy atom. The molecule has 0 aliphatic heterocycles. The molecular formula is C7H9ClN4. The highest BCUT2D eigenvalue weighted by Gasteiger charge is 2.10. The molecule has 0 bridgehead atoms. The summed E-state index contributed by atoms with van der Waals surface area (Å²) in [6.07, 6.45) is 1.62. The molecule has 0 fully saturated rings. The van der Waals surface area contributed by atoms with Crippen LogP contribution in [0.2, 0.25) is 0 Å². The fourth-order valence-electron chi connectivity index (χ4n) is 0.877. The number of nitrogens with zero attached hydrogens (tertiary/aromatic N) is 4. The van der Waals surface area contributed by atoms with Crippen molar-refractivity contribution in [2.45, 2.75) is 0 Å². The Morgan fingerprint density at radius 2 is 2.42 bits per heavy atom. The summed E-state index contributed by atoms with van der Waals surface area (Å²) in [4.78, 5) is 11.5. The van der Waals surface area contributed by atoms with Gasteiger partial charge in [0.15, 0.2) is 11.0 Å². The summed E-state index contributed by atoms with van der Waals surface area (Å²) in [7, 11) is 3.44. The molecule has 64 valence electrons. The summed E-state index contributed by atoms with van der Waals surface area (Å²) in [6, 6.07) is 0. The van der Waals surface area contributed by atoms with Crippen LogP contribution < -0.4 is 0 Å². The molecule has 0 radical (unpaired) electrons. The lowest BCUT2D eigenvalue weighted by Crippen LogP contribution is -1.99. The van der Waals surface area contributed by atoms with E-state index >= 15 is 0 Å². The molecule has 12 heavy (non-hydrogen) atoms. The number of hydrogen-bond donors (Lipinski definition) is 0. The van der Waals surface area contributed by atoms with Crippen molar-refractivity contribution in [2.75, 3.05) is 7.05 Å². The molecule has 1 aromatic heterocycles. The van der Waals surface area contributed by atoms with Crippen molar-refractivity contribution >= 4 is 29.3 Å². The van der Waals surface area contributed by atoms with Gasteiger partial charge in [-0.05, 0) is 6.72 Å². The zero-order valence-corrected chi connectivity index (χ0v) is 7.71. The number of aliphatic imine (C=N–C) groups is 2. The van der Waals surface area contributed by atoms with Crippen LogP contribution >= 0.6 is 11.6 Å². The second-order valence-corrected chi connectivity index (χ2v) is 2.56. The third kappa shape index (κ3) is 1.38. The van der Waals surface area contributed by atoms with Gasteiger partial charge in [-0.15, -0.1) is 0 Å². The molecule has 0 N–H and O–H groups in total. The van der Waals surface area contributed by atoms with Gasteiger partial charge in [-0.3, -0.25) is 4.99 Å². The summed E-state index contributed by atoms with van der Waals surface area (Å²) < 4.78 is 1.75. The Balaban J connectivity index is 3.28. The number of halogens is 1. The molecule has 0 unspecified atom stereocenters. The quantitative estimate of drug-likeness (QED) is 0.641. The molecule has 4 nitrogen and oxygen atoms in total. The predicted octanol–water partition coefficient (Wildman–Crippen LogP) is 1.37. The first-order chi connectivity index (χ1) is 5.70. The van der Waals surface area contributed by atoms with Gasteiger partial charge in [0.05, 0.1) is 6.33 Å². The first kappa shape index (κ1) is 8.93. The highest BCUT2D eigenvalue weighted by atomic mass is 35.5. The molecule has 0 aliphatic rings. The van der Waals surface area contributed by atoms with Crippen LogP contribution in [-0.4, -0.2) is 28.5 Å². The monoisotopic (exact) mass is 184 g/mol. The van der Waals surface area contributed by atoms with Crippen molar-refractivity contribution in [3.8, 4) is 0 Å². The minimum absolute atomic E-state index is 0.386. The predicted molar refractivity (Wildman–Crippen MR) is 50.7 cm³/mol. The molecule has 0 aliphatic carbocycles. The summed E-state index contributed by atoms with van der Waals surface area (Å²) in [5.74, 6) is 0.508. The van der Waals surface area contributed by atoms with Crippen LogP contribution in [0.5, 0.6) is 0 Å². The zero-order chi connectivity index (χ0) is 9.14. The highest BCUT2D eigenvalue weighted by molar-refractivity contribution is 6.69. The van der Waals surface area contributed by atoms with Gasteiger partial charge in [-0.25, -0.2) is 9.98 Å². The molecule has 0 saturated carbocycles. The lowest BCUT2D eigenvalue weighted by atomic mass is 10.4. The van der Waals surface area contributed by atoms with Crippen molar-refractivity contribution < 1.29 is 0 Å². The summed E-state index contributed by atoms with van der Waals surface area (Å²) in [5.41, 5.74) is 0.689. The second-order valence-electron chi connectivity index (χ2n) is 2.20.